The van der Waals surface area contributed by atoms with Gasteiger partial charge in [-0.25, -0.2) is 4.98 Å². The van der Waals surface area contributed by atoms with E-state index in [1.54, 1.807) is 13.2 Å². The van der Waals surface area contributed by atoms with Crippen LogP contribution < -0.4 is 4.74 Å². The summed E-state index contributed by atoms with van der Waals surface area (Å²) in [5.74, 6) is 0.803. The van der Waals surface area contributed by atoms with Gasteiger partial charge in [0.2, 0.25) is 0 Å². The molecule has 0 saturated heterocycles. The van der Waals surface area contributed by atoms with Crippen molar-refractivity contribution in [3.63, 3.8) is 0 Å². The molecular formula is C12H10N2O. The molecule has 0 amide bonds. The van der Waals surface area contributed by atoms with Gasteiger partial charge in [0.15, 0.2) is 0 Å². The smallest absolute Gasteiger partial charge is 0.141 e. The zero-order chi connectivity index (χ0) is 10.8. The van der Waals surface area contributed by atoms with Gasteiger partial charge in [0.25, 0.3) is 0 Å². The monoisotopic (exact) mass is 198 g/mol. The van der Waals surface area contributed by atoms with Crippen molar-refractivity contribution in [2.45, 2.75) is 6.92 Å². The SMILES string of the molecule is COc1ccc2nc(C#N)cc(C)c2c1. The van der Waals surface area contributed by atoms with Crippen molar-refractivity contribution in [2.75, 3.05) is 7.11 Å². The van der Waals surface area contributed by atoms with Crippen LogP contribution in [0, 0.1) is 18.3 Å². The third-order valence-corrected chi connectivity index (χ3v) is 2.34. The van der Waals surface area contributed by atoms with Crippen LogP contribution in [-0.2, 0) is 0 Å². The molecule has 2 aromatic rings. The molecule has 1 aromatic heterocycles. The molecular weight excluding hydrogens is 188 g/mol. The summed E-state index contributed by atoms with van der Waals surface area (Å²) in [6, 6.07) is 9.46. The van der Waals surface area contributed by atoms with Crippen molar-refractivity contribution in [3.8, 4) is 11.8 Å². The standard InChI is InChI=1S/C12H10N2O/c1-8-5-9(7-13)14-12-4-3-10(15-2)6-11(8)12/h3-6H,1-2H3. The van der Waals surface area contributed by atoms with E-state index in [0.29, 0.717) is 5.69 Å². The van der Waals surface area contributed by atoms with Crippen molar-refractivity contribution in [1.29, 1.82) is 5.26 Å². The van der Waals surface area contributed by atoms with E-state index in [-0.39, 0.29) is 0 Å². The van der Waals surface area contributed by atoms with E-state index in [2.05, 4.69) is 4.98 Å². The van der Waals surface area contributed by atoms with Gasteiger partial charge in [0.05, 0.1) is 12.6 Å². The van der Waals surface area contributed by atoms with E-state index in [9.17, 15) is 0 Å². The number of nitriles is 1. The summed E-state index contributed by atoms with van der Waals surface area (Å²) >= 11 is 0. The molecule has 0 fully saturated rings. The molecule has 3 heteroatoms. The quantitative estimate of drug-likeness (QED) is 0.706. The summed E-state index contributed by atoms with van der Waals surface area (Å²) in [5.41, 5.74) is 2.31. The molecule has 0 saturated carbocycles. The minimum absolute atomic E-state index is 0.449. The van der Waals surface area contributed by atoms with Crippen molar-refractivity contribution < 1.29 is 4.74 Å². The van der Waals surface area contributed by atoms with Crippen LogP contribution in [0.5, 0.6) is 5.75 Å². The number of pyridine rings is 1. The van der Waals surface area contributed by atoms with Gasteiger partial charge >= 0.3 is 0 Å². The molecule has 0 atom stereocenters. The summed E-state index contributed by atoms with van der Waals surface area (Å²) in [6.07, 6.45) is 0. The molecule has 0 unspecified atom stereocenters. The second-order valence-corrected chi connectivity index (χ2v) is 3.32. The van der Waals surface area contributed by atoms with Crippen molar-refractivity contribution in [3.05, 3.63) is 35.5 Å². The fourth-order valence-corrected chi connectivity index (χ4v) is 1.56. The first-order valence-corrected chi connectivity index (χ1v) is 4.60. The number of hydrogen-bond donors (Lipinski definition) is 0. The molecule has 0 spiro atoms. The van der Waals surface area contributed by atoms with Crippen molar-refractivity contribution >= 4 is 10.9 Å². The number of fused-ring (bicyclic) bond motifs is 1. The average molecular weight is 198 g/mol. The molecule has 0 radical (unpaired) electrons. The number of nitrogens with zero attached hydrogens (tertiary/aromatic N) is 2. The van der Waals surface area contributed by atoms with Crippen LogP contribution in [0.3, 0.4) is 0 Å². The molecule has 2 rings (SSSR count). The van der Waals surface area contributed by atoms with E-state index >= 15 is 0 Å². The van der Waals surface area contributed by atoms with Gasteiger partial charge in [-0.1, -0.05) is 0 Å². The van der Waals surface area contributed by atoms with Crippen LogP contribution in [0.2, 0.25) is 0 Å². The summed E-state index contributed by atoms with van der Waals surface area (Å²) < 4.78 is 5.14. The molecule has 0 aliphatic rings. The molecule has 15 heavy (non-hydrogen) atoms. The van der Waals surface area contributed by atoms with Crippen LogP contribution in [0.15, 0.2) is 24.3 Å². The summed E-state index contributed by atoms with van der Waals surface area (Å²) in [4.78, 5) is 4.21. The van der Waals surface area contributed by atoms with Crippen LogP contribution in [0.1, 0.15) is 11.3 Å². The first kappa shape index (κ1) is 9.47. The molecule has 1 aromatic carbocycles. The molecule has 1 heterocycles. The Morgan fingerprint density at radius 3 is 2.80 bits per heavy atom. The predicted octanol–water partition coefficient (Wildman–Crippen LogP) is 2.42. The van der Waals surface area contributed by atoms with Gasteiger partial charge in [-0.15, -0.1) is 0 Å². The second kappa shape index (κ2) is 3.58. The number of benzene rings is 1. The van der Waals surface area contributed by atoms with Crippen molar-refractivity contribution in [1.82, 2.24) is 4.98 Å². The van der Waals surface area contributed by atoms with E-state index in [1.807, 2.05) is 31.2 Å². The number of aromatic nitrogens is 1. The topological polar surface area (TPSA) is 45.9 Å². The zero-order valence-electron chi connectivity index (χ0n) is 8.61. The number of aryl methyl sites for hydroxylation is 1. The third-order valence-electron chi connectivity index (χ3n) is 2.34. The normalized spacial score (nSPS) is 9.93. The van der Waals surface area contributed by atoms with E-state index < -0.39 is 0 Å². The molecule has 0 N–H and O–H groups in total. The molecule has 0 aliphatic carbocycles. The summed E-state index contributed by atoms with van der Waals surface area (Å²) in [5, 5.41) is 9.81. The lowest BCUT2D eigenvalue weighted by Gasteiger charge is -2.04. The van der Waals surface area contributed by atoms with Gasteiger partial charge in [-0.05, 0) is 36.8 Å². The summed E-state index contributed by atoms with van der Waals surface area (Å²) in [7, 11) is 1.63. The fraction of sp³-hybridized carbons (Fsp3) is 0.167. The Morgan fingerprint density at radius 2 is 2.13 bits per heavy atom. The van der Waals surface area contributed by atoms with Gasteiger partial charge in [0, 0.05) is 5.39 Å². The van der Waals surface area contributed by atoms with E-state index in [1.165, 1.54) is 0 Å². The molecule has 74 valence electrons. The zero-order valence-corrected chi connectivity index (χ0v) is 8.61. The minimum Gasteiger partial charge on any atom is -0.497 e. The molecule has 3 nitrogen and oxygen atoms in total. The van der Waals surface area contributed by atoms with Crippen LogP contribution in [0.25, 0.3) is 10.9 Å². The van der Waals surface area contributed by atoms with Crippen LogP contribution >= 0.6 is 0 Å². The first-order chi connectivity index (χ1) is 7.24. The fourth-order valence-electron chi connectivity index (χ4n) is 1.56. The maximum Gasteiger partial charge on any atom is 0.141 e. The molecule has 0 bridgehead atoms. The van der Waals surface area contributed by atoms with Gasteiger partial charge < -0.3 is 4.74 Å². The second-order valence-electron chi connectivity index (χ2n) is 3.32. The predicted molar refractivity (Wildman–Crippen MR) is 57.7 cm³/mol. The highest BCUT2D eigenvalue weighted by molar-refractivity contribution is 5.84. The Balaban J connectivity index is 2.75. The van der Waals surface area contributed by atoms with Gasteiger partial charge in [-0.2, -0.15) is 5.26 Å². The lowest BCUT2D eigenvalue weighted by atomic mass is 10.1. The van der Waals surface area contributed by atoms with Crippen LogP contribution in [-0.4, -0.2) is 12.1 Å². The van der Waals surface area contributed by atoms with Gasteiger partial charge in [-0.3, -0.25) is 0 Å². The lowest BCUT2D eigenvalue weighted by molar-refractivity contribution is 0.415. The first-order valence-electron chi connectivity index (χ1n) is 4.60. The highest BCUT2D eigenvalue weighted by Gasteiger charge is 2.03. The Kier molecular flexibility index (Phi) is 2.26. The Bertz CT molecular complexity index is 555. The molecule has 0 aliphatic heterocycles. The number of hydrogen-bond acceptors (Lipinski definition) is 3. The number of rotatable bonds is 1. The maximum absolute atomic E-state index is 8.79. The highest BCUT2D eigenvalue weighted by atomic mass is 16.5. The third kappa shape index (κ3) is 1.62. The Labute approximate surface area is 87.9 Å². The Morgan fingerprint density at radius 1 is 1.33 bits per heavy atom. The van der Waals surface area contributed by atoms with Gasteiger partial charge in [0.1, 0.15) is 17.5 Å². The van der Waals surface area contributed by atoms with E-state index in [0.717, 1.165) is 22.2 Å². The van der Waals surface area contributed by atoms with E-state index in [4.69, 9.17) is 10.00 Å². The maximum atomic E-state index is 8.79. The number of ether oxygens (including phenoxy) is 1. The van der Waals surface area contributed by atoms with Crippen LogP contribution in [0.4, 0.5) is 0 Å². The largest absolute Gasteiger partial charge is 0.497 e. The summed E-state index contributed by atoms with van der Waals surface area (Å²) in [6.45, 7) is 1.96. The number of methoxy groups -OCH3 is 1. The lowest BCUT2D eigenvalue weighted by Crippen LogP contribution is -1.89. The average Bonchev–Trinajstić information content (AvgIpc) is 2.28. The highest BCUT2D eigenvalue weighted by Crippen LogP contribution is 2.22. The Hall–Kier alpha value is -2.08. The minimum atomic E-state index is 0.449. The van der Waals surface area contributed by atoms with Crippen molar-refractivity contribution in [2.24, 2.45) is 0 Å².